The number of aryl methyl sites for hydroxylation is 3. The number of nitrogens with zero attached hydrogens (tertiary/aromatic N) is 2. The van der Waals surface area contributed by atoms with Crippen LogP contribution in [-0.4, -0.2) is 48.3 Å². The van der Waals surface area contributed by atoms with Gasteiger partial charge >= 0.3 is 0 Å². The molecule has 1 saturated heterocycles. The van der Waals surface area contributed by atoms with E-state index in [0.717, 1.165) is 28.0 Å². The summed E-state index contributed by atoms with van der Waals surface area (Å²) in [6.07, 6.45) is 0.490. The summed E-state index contributed by atoms with van der Waals surface area (Å²) in [5, 5.41) is 8.23. The van der Waals surface area contributed by atoms with Gasteiger partial charge in [0.2, 0.25) is 0 Å². The van der Waals surface area contributed by atoms with E-state index in [2.05, 4.69) is 5.32 Å². The number of ether oxygens (including phenoxy) is 2. The first-order chi connectivity index (χ1) is 17.4. The zero-order valence-electron chi connectivity index (χ0n) is 21.7. The molecule has 0 spiro atoms. The Bertz CT molecular complexity index is 1410. The first-order valence-electron chi connectivity index (χ1n) is 12.2. The maximum atomic E-state index is 12.8. The number of hydrogen-bond acceptors (Lipinski definition) is 6. The zero-order valence-corrected chi connectivity index (χ0v) is 23.2. The molecule has 0 bridgehead atoms. The minimum Gasteiger partial charge on any atom is -0.491 e. The number of halogens is 1. The first kappa shape index (κ1) is 27.0. The normalized spacial score (nSPS) is 16.7. The molecule has 0 radical (unpaired) electrons. The Morgan fingerprint density at radius 3 is 2.43 bits per heavy atom. The molecule has 1 N–H and O–H groups in total. The van der Waals surface area contributed by atoms with Crippen LogP contribution in [0.4, 0.5) is 5.82 Å². The third kappa shape index (κ3) is 6.45. The van der Waals surface area contributed by atoms with Crippen LogP contribution in [0.1, 0.15) is 43.0 Å². The topological polar surface area (TPSA) is 99.5 Å². The molecule has 1 aromatic heterocycles. The van der Waals surface area contributed by atoms with Crippen molar-refractivity contribution in [1.82, 2.24) is 9.78 Å². The molecule has 1 aliphatic heterocycles. The van der Waals surface area contributed by atoms with Crippen LogP contribution >= 0.6 is 11.6 Å². The van der Waals surface area contributed by atoms with Crippen molar-refractivity contribution in [2.24, 2.45) is 0 Å². The highest BCUT2D eigenvalue weighted by molar-refractivity contribution is 7.91. The Hall–Kier alpha value is -3.04. The molecule has 0 saturated carbocycles. The molecular weight excluding hydrogens is 514 g/mol. The molecule has 37 heavy (non-hydrogen) atoms. The molecule has 198 valence electrons. The molecule has 3 aromatic rings. The van der Waals surface area contributed by atoms with Crippen molar-refractivity contribution in [1.29, 1.82) is 0 Å². The molecule has 1 atom stereocenters. The van der Waals surface area contributed by atoms with Crippen LogP contribution < -0.4 is 14.8 Å². The third-order valence-electron chi connectivity index (χ3n) is 6.17. The number of anilines is 1. The van der Waals surface area contributed by atoms with Crippen molar-refractivity contribution >= 4 is 33.2 Å². The van der Waals surface area contributed by atoms with E-state index >= 15 is 0 Å². The Morgan fingerprint density at radius 2 is 1.84 bits per heavy atom. The standard InChI is InChI=1S/C27H32ClN3O5S/c1-16(2)36-24-7-6-20(10-17(24)3)23-13-25(31(30-23)21-8-9-37(33,34)15-21)29-26(32)14-35-22-11-18(4)27(28)19(5)12-22/h6-7,10-13,16,21H,8-9,14-15H2,1-5H3,(H,29,32)/t21-/m1/s1. The summed E-state index contributed by atoms with van der Waals surface area (Å²) in [4.78, 5) is 12.8. The van der Waals surface area contributed by atoms with Gasteiger partial charge in [0, 0.05) is 16.7 Å². The highest BCUT2D eigenvalue weighted by Gasteiger charge is 2.32. The molecule has 1 aliphatic rings. The van der Waals surface area contributed by atoms with E-state index in [4.69, 9.17) is 26.2 Å². The highest BCUT2D eigenvalue weighted by Crippen LogP contribution is 2.32. The fraction of sp³-hybridized carbons (Fsp3) is 0.407. The molecular formula is C27H32ClN3O5S. The monoisotopic (exact) mass is 545 g/mol. The quantitative estimate of drug-likeness (QED) is 0.413. The van der Waals surface area contributed by atoms with Crippen LogP contribution in [0.2, 0.25) is 5.02 Å². The predicted molar refractivity (Wildman–Crippen MR) is 146 cm³/mol. The van der Waals surface area contributed by atoms with Crippen molar-refractivity contribution in [2.45, 2.75) is 53.2 Å². The minimum absolute atomic E-state index is 0.0169. The van der Waals surface area contributed by atoms with E-state index in [1.165, 1.54) is 0 Å². The number of hydrogen-bond donors (Lipinski definition) is 1. The van der Waals surface area contributed by atoms with Crippen molar-refractivity contribution in [3.05, 3.63) is 58.1 Å². The lowest BCUT2D eigenvalue weighted by Crippen LogP contribution is -2.23. The SMILES string of the molecule is Cc1cc(-c2cc(NC(=O)COc3cc(C)c(Cl)c(C)c3)n([C@@H]3CCS(=O)(=O)C3)n2)ccc1OC(C)C. The molecule has 0 unspecified atom stereocenters. The number of benzene rings is 2. The number of amides is 1. The minimum atomic E-state index is -3.15. The number of carbonyl (C=O) groups is 1. The Morgan fingerprint density at radius 1 is 1.14 bits per heavy atom. The number of aromatic nitrogens is 2. The molecule has 1 amide bonds. The molecule has 2 aromatic carbocycles. The lowest BCUT2D eigenvalue weighted by Gasteiger charge is -2.14. The highest BCUT2D eigenvalue weighted by atomic mass is 35.5. The number of rotatable bonds is 8. The van der Waals surface area contributed by atoms with Crippen LogP contribution in [-0.2, 0) is 14.6 Å². The van der Waals surface area contributed by atoms with Gasteiger partial charge < -0.3 is 14.8 Å². The Balaban J connectivity index is 1.57. The maximum Gasteiger partial charge on any atom is 0.263 e. The van der Waals surface area contributed by atoms with Gasteiger partial charge in [0.1, 0.15) is 17.3 Å². The number of carbonyl (C=O) groups excluding carboxylic acids is 1. The summed E-state index contributed by atoms with van der Waals surface area (Å²) >= 11 is 6.22. The maximum absolute atomic E-state index is 12.8. The lowest BCUT2D eigenvalue weighted by atomic mass is 10.1. The second kappa shape index (κ2) is 10.8. The number of nitrogens with one attached hydrogen (secondary N) is 1. The first-order valence-corrected chi connectivity index (χ1v) is 14.4. The summed E-state index contributed by atoms with van der Waals surface area (Å²) in [7, 11) is -3.15. The summed E-state index contributed by atoms with van der Waals surface area (Å²) in [6.45, 7) is 9.44. The van der Waals surface area contributed by atoms with Gasteiger partial charge in [-0.15, -0.1) is 0 Å². The van der Waals surface area contributed by atoms with Crippen molar-refractivity contribution < 1.29 is 22.7 Å². The average molecular weight is 546 g/mol. The smallest absolute Gasteiger partial charge is 0.263 e. The molecule has 2 heterocycles. The lowest BCUT2D eigenvalue weighted by molar-refractivity contribution is -0.118. The van der Waals surface area contributed by atoms with E-state index in [1.54, 1.807) is 22.9 Å². The average Bonchev–Trinajstić information content (AvgIpc) is 3.39. The molecule has 0 aliphatic carbocycles. The van der Waals surface area contributed by atoms with E-state index < -0.39 is 9.84 Å². The van der Waals surface area contributed by atoms with Crippen LogP contribution in [0, 0.1) is 20.8 Å². The fourth-order valence-corrected chi connectivity index (χ4v) is 6.19. The van der Waals surface area contributed by atoms with Gasteiger partial charge in [0.15, 0.2) is 16.4 Å². The van der Waals surface area contributed by atoms with Crippen molar-refractivity contribution in [3.8, 4) is 22.8 Å². The van der Waals surface area contributed by atoms with E-state index in [9.17, 15) is 13.2 Å². The van der Waals surface area contributed by atoms with E-state index in [1.807, 2.05) is 52.8 Å². The summed E-state index contributed by atoms with van der Waals surface area (Å²) in [5.74, 6) is 1.46. The second-order valence-corrected chi connectivity index (χ2v) is 12.4. The van der Waals surface area contributed by atoms with Crippen LogP contribution in [0.25, 0.3) is 11.3 Å². The van der Waals surface area contributed by atoms with Crippen molar-refractivity contribution in [2.75, 3.05) is 23.4 Å². The van der Waals surface area contributed by atoms with Gasteiger partial charge in [-0.2, -0.15) is 5.10 Å². The molecule has 8 nitrogen and oxygen atoms in total. The Labute approximate surface area is 222 Å². The van der Waals surface area contributed by atoms with Gasteiger partial charge in [-0.1, -0.05) is 11.6 Å². The van der Waals surface area contributed by atoms with E-state index in [-0.39, 0.29) is 36.2 Å². The molecule has 10 heteroatoms. The summed E-state index contributed by atoms with van der Waals surface area (Å²) < 4.78 is 37.5. The van der Waals surface area contributed by atoms with Gasteiger partial charge in [-0.3, -0.25) is 4.79 Å². The fourth-order valence-electron chi connectivity index (χ4n) is 4.39. The van der Waals surface area contributed by atoms with Gasteiger partial charge in [0.25, 0.3) is 5.91 Å². The van der Waals surface area contributed by atoms with E-state index in [0.29, 0.717) is 28.7 Å². The van der Waals surface area contributed by atoms with Crippen LogP contribution in [0.3, 0.4) is 0 Å². The van der Waals surface area contributed by atoms with Gasteiger partial charge in [-0.25, -0.2) is 13.1 Å². The zero-order chi connectivity index (χ0) is 26.9. The second-order valence-electron chi connectivity index (χ2n) is 9.77. The Kier molecular flexibility index (Phi) is 7.85. The summed E-state index contributed by atoms with van der Waals surface area (Å²) in [5.41, 5.74) is 4.15. The van der Waals surface area contributed by atoms with Crippen LogP contribution in [0.15, 0.2) is 36.4 Å². The number of sulfone groups is 1. The molecule has 1 fully saturated rings. The van der Waals surface area contributed by atoms with Gasteiger partial charge in [-0.05, 0) is 88.1 Å². The third-order valence-corrected chi connectivity index (χ3v) is 8.52. The van der Waals surface area contributed by atoms with Crippen molar-refractivity contribution in [3.63, 3.8) is 0 Å². The van der Waals surface area contributed by atoms with Crippen LogP contribution in [0.5, 0.6) is 11.5 Å². The van der Waals surface area contributed by atoms with Gasteiger partial charge in [0.05, 0.1) is 29.3 Å². The predicted octanol–water partition coefficient (Wildman–Crippen LogP) is 5.29. The largest absolute Gasteiger partial charge is 0.491 e. The molecule has 4 rings (SSSR count). The summed E-state index contributed by atoms with van der Waals surface area (Å²) in [6, 6.07) is 10.7.